The topological polar surface area (TPSA) is 93.6 Å². The summed E-state index contributed by atoms with van der Waals surface area (Å²) in [6.45, 7) is 5.84. The van der Waals surface area contributed by atoms with E-state index in [1.165, 1.54) is 0 Å². The molecule has 0 aliphatic heterocycles. The lowest BCUT2D eigenvalue weighted by atomic mass is 9.88. The normalized spacial score (nSPS) is 12.1. The molecule has 0 aromatic rings. The van der Waals surface area contributed by atoms with Crippen LogP contribution in [0.1, 0.15) is 20.3 Å². The molecule has 5 nitrogen and oxygen atoms in total. The monoisotopic (exact) mass is 217 g/mol. The first-order valence-corrected chi connectivity index (χ1v) is 5.22. The molecule has 0 atom stereocenters. The van der Waals surface area contributed by atoms with E-state index in [2.05, 4.69) is 0 Å². The second-order valence-electron chi connectivity index (χ2n) is 4.34. The molecule has 0 aromatic heterocycles. The Morgan fingerprint density at radius 3 is 2.00 bits per heavy atom. The van der Waals surface area contributed by atoms with Crippen molar-refractivity contribution in [2.45, 2.75) is 20.3 Å². The van der Waals surface area contributed by atoms with Crippen LogP contribution in [0, 0.1) is 10.8 Å². The molecule has 0 fully saturated rings. The molecule has 0 bridgehead atoms. The molecule has 15 heavy (non-hydrogen) atoms. The Labute approximate surface area is 91.4 Å². The third-order valence-electron chi connectivity index (χ3n) is 2.61. The van der Waals surface area contributed by atoms with Gasteiger partial charge in [0.25, 0.3) is 0 Å². The van der Waals surface area contributed by atoms with Crippen molar-refractivity contribution in [3.63, 3.8) is 0 Å². The predicted molar refractivity (Wildman–Crippen MR) is 60.9 cm³/mol. The molecular weight excluding hydrogens is 194 g/mol. The van der Waals surface area contributed by atoms with E-state index in [9.17, 15) is 0 Å². The van der Waals surface area contributed by atoms with Crippen molar-refractivity contribution in [1.29, 1.82) is 5.41 Å². The molecule has 0 heterocycles. The van der Waals surface area contributed by atoms with E-state index in [0.717, 1.165) is 13.0 Å². The van der Waals surface area contributed by atoms with Gasteiger partial charge in [-0.3, -0.25) is 10.3 Å². The lowest BCUT2D eigenvalue weighted by Gasteiger charge is -2.27. The smallest absolute Gasteiger partial charge is 0.0963 e. The van der Waals surface area contributed by atoms with Gasteiger partial charge >= 0.3 is 0 Å². The number of nitrogens with zero attached hydrogens (tertiary/aromatic N) is 1. The van der Waals surface area contributed by atoms with Crippen LogP contribution in [-0.2, 0) is 0 Å². The Bertz CT molecular complexity index is 189. The standard InChI is InChI=1S/C10H23N3O2/c1-10(2,9(11)12)3-4-13(5-7-14)6-8-15/h14-15H,3-8H2,1-2H3,(H3,11,12). The van der Waals surface area contributed by atoms with E-state index in [1.807, 2.05) is 18.7 Å². The highest BCUT2D eigenvalue weighted by molar-refractivity contribution is 5.82. The molecule has 5 heteroatoms. The van der Waals surface area contributed by atoms with Crippen LogP contribution >= 0.6 is 0 Å². The minimum Gasteiger partial charge on any atom is -0.395 e. The maximum absolute atomic E-state index is 8.81. The number of nitrogens with two attached hydrogens (primary N) is 1. The maximum atomic E-state index is 8.81. The van der Waals surface area contributed by atoms with Gasteiger partial charge in [-0.05, 0) is 13.0 Å². The van der Waals surface area contributed by atoms with Crippen molar-refractivity contribution in [1.82, 2.24) is 4.90 Å². The quantitative estimate of drug-likeness (QED) is 0.329. The molecule has 0 radical (unpaired) electrons. The Kier molecular flexibility index (Phi) is 6.47. The fourth-order valence-electron chi connectivity index (χ4n) is 1.19. The molecular formula is C10H23N3O2. The van der Waals surface area contributed by atoms with E-state index in [0.29, 0.717) is 13.1 Å². The van der Waals surface area contributed by atoms with Crippen LogP contribution in [-0.4, -0.2) is 53.8 Å². The number of rotatable bonds is 8. The van der Waals surface area contributed by atoms with E-state index < -0.39 is 0 Å². The Hall–Kier alpha value is -0.650. The summed E-state index contributed by atoms with van der Waals surface area (Å²) >= 11 is 0. The van der Waals surface area contributed by atoms with Crippen LogP contribution in [0.5, 0.6) is 0 Å². The van der Waals surface area contributed by atoms with Crippen LogP contribution in [0.25, 0.3) is 0 Å². The summed E-state index contributed by atoms with van der Waals surface area (Å²) in [5.74, 6) is 0.176. The summed E-state index contributed by atoms with van der Waals surface area (Å²) in [7, 11) is 0. The number of amidine groups is 1. The predicted octanol–water partition coefficient (Wildman–Crippen LogP) is -0.375. The molecule has 0 amide bonds. The molecule has 0 aromatic carbocycles. The third kappa shape index (κ3) is 5.71. The van der Waals surface area contributed by atoms with E-state index in [-0.39, 0.29) is 24.5 Å². The van der Waals surface area contributed by atoms with Gasteiger partial charge in [0, 0.05) is 18.5 Å². The number of hydrogen-bond donors (Lipinski definition) is 4. The molecule has 0 unspecified atom stereocenters. The summed E-state index contributed by atoms with van der Waals surface area (Å²) in [5.41, 5.74) is 5.15. The molecule has 5 N–H and O–H groups in total. The third-order valence-corrected chi connectivity index (χ3v) is 2.61. The molecule has 0 aliphatic rings. The number of nitrogens with one attached hydrogen (secondary N) is 1. The van der Waals surface area contributed by atoms with Gasteiger partial charge in [-0.25, -0.2) is 0 Å². The van der Waals surface area contributed by atoms with Crippen molar-refractivity contribution in [3.8, 4) is 0 Å². The molecule has 0 saturated carbocycles. The van der Waals surface area contributed by atoms with Crippen LogP contribution in [0.15, 0.2) is 0 Å². The zero-order valence-corrected chi connectivity index (χ0v) is 9.66. The second-order valence-corrected chi connectivity index (χ2v) is 4.34. The average Bonchev–Trinajstić information content (AvgIpc) is 2.15. The van der Waals surface area contributed by atoms with Gasteiger partial charge < -0.3 is 15.9 Å². The van der Waals surface area contributed by atoms with Gasteiger partial charge in [-0.2, -0.15) is 0 Å². The Morgan fingerprint density at radius 2 is 1.67 bits per heavy atom. The van der Waals surface area contributed by atoms with Crippen molar-refractivity contribution < 1.29 is 10.2 Å². The van der Waals surface area contributed by atoms with Crippen molar-refractivity contribution in [2.75, 3.05) is 32.8 Å². The first-order chi connectivity index (χ1) is 6.94. The van der Waals surface area contributed by atoms with Gasteiger partial charge in [0.2, 0.25) is 0 Å². The minimum atomic E-state index is -0.316. The minimum absolute atomic E-state index is 0.0838. The largest absolute Gasteiger partial charge is 0.395 e. The van der Waals surface area contributed by atoms with Gasteiger partial charge in [-0.15, -0.1) is 0 Å². The second kappa shape index (κ2) is 6.76. The number of hydrogen-bond acceptors (Lipinski definition) is 4. The molecule has 0 spiro atoms. The van der Waals surface area contributed by atoms with Gasteiger partial charge in [0.1, 0.15) is 0 Å². The van der Waals surface area contributed by atoms with E-state index in [4.69, 9.17) is 21.4 Å². The van der Waals surface area contributed by atoms with Crippen molar-refractivity contribution in [3.05, 3.63) is 0 Å². The average molecular weight is 217 g/mol. The first kappa shape index (κ1) is 14.3. The summed E-state index contributed by atoms with van der Waals surface area (Å²) in [4.78, 5) is 1.96. The first-order valence-electron chi connectivity index (χ1n) is 5.22. The maximum Gasteiger partial charge on any atom is 0.0963 e. The molecule has 0 aliphatic carbocycles. The highest BCUT2D eigenvalue weighted by atomic mass is 16.3. The van der Waals surface area contributed by atoms with Crippen LogP contribution in [0.2, 0.25) is 0 Å². The highest BCUT2D eigenvalue weighted by Crippen LogP contribution is 2.19. The Balaban J connectivity index is 4.02. The van der Waals surface area contributed by atoms with Gasteiger partial charge in [0.05, 0.1) is 19.0 Å². The molecule has 90 valence electrons. The van der Waals surface area contributed by atoms with Crippen LogP contribution < -0.4 is 5.73 Å². The SMILES string of the molecule is CC(C)(CCN(CCO)CCO)C(=N)N. The van der Waals surface area contributed by atoms with E-state index in [1.54, 1.807) is 0 Å². The van der Waals surface area contributed by atoms with Crippen LogP contribution in [0.3, 0.4) is 0 Å². The zero-order valence-electron chi connectivity index (χ0n) is 9.66. The molecule has 0 saturated heterocycles. The van der Waals surface area contributed by atoms with Gasteiger partial charge in [0.15, 0.2) is 0 Å². The zero-order chi connectivity index (χ0) is 11.9. The summed E-state index contributed by atoms with van der Waals surface area (Å²) in [5, 5.41) is 25.0. The summed E-state index contributed by atoms with van der Waals surface area (Å²) < 4.78 is 0. The summed E-state index contributed by atoms with van der Waals surface area (Å²) in [6, 6.07) is 0. The summed E-state index contributed by atoms with van der Waals surface area (Å²) in [6.07, 6.45) is 0.752. The fourth-order valence-corrected chi connectivity index (χ4v) is 1.19. The van der Waals surface area contributed by atoms with Crippen LogP contribution in [0.4, 0.5) is 0 Å². The van der Waals surface area contributed by atoms with Crippen molar-refractivity contribution >= 4 is 5.84 Å². The lowest BCUT2D eigenvalue weighted by molar-refractivity contribution is 0.152. The number of aliphatic hydroxyl groups is 2. The molecule has 0 rings (SSSR count). The fraction of sp³-hybridized carbons (Fsp3) is 0.900. The van der Waals surface area contributed by atoms with Crippen molar-refractivity contribution in [2.24, 2.45) is 11.1 Å². The highest BCUT2D eigenvalue weighted by Gasteiger charge is 2.22. The number of aliphatic hydroxyl groups excluding tert-OH is 2. The van der Waals surface area contributed by atoms with E-state index >= 15 is 0 Å². The Morgan fingerprint density at radius 1 is 1.20 bits per heavy atom. The van der Waals surface area contributed by atoms with Gasteiger partial charge in [-0.1, -0.05) is 13.8 Å². The lowest BCUT2D eigenvalue weighted by Crippen LogP contribution is -2.37.